The fourth-order valence-electron chi connectivity index (χ4n) is 3.33. The van der Waals surface area contributed by atoms with Crippen LogP contribution in [-0.2, 0) is 4.79 Å². The molecule has 1 fully saturated rings. The van der Waals surface area contributed by atoms with E-state index >= 15 is 0 Å². The first-order valence-corrected chi connectivity index (χ1v) is 8.31. The van der Waals surface area contributed by atoms with E-state index in [-0.39, 0.29) is 11.8 Å². The molecular weight excluding hydrogens is 284 g/mol. The molecule has 0 aromatic heterocycles. The maximum absolute atomic E-state index is 12.5. The van der Waals surface area contributed by atoms with Gasteiger partial charge in [0.1, 0.15) is 0 Å². The molecule has 120 valence electrons. The summed E-state index contributed by atoms with van der Waals surface area (Å²) in [4.78, 5) is 14.9. The van der Waals surface area contributed by atoms with Crippen LogP contribution in [0.2, 0.25) is 0 Å². The molecule has 1 amide bonds. The number of hydrogen-bond donors (Lipinski definition) is 1. The van der Waals surface area contributed by atoms with Crippen LogP contribution in [0.3, 0.4) is 0 Å². The quantitative estimate of drug-likeness (QED) is 0.923. The first-order valence-electron chi connectivity index (χ1n) is 8.31. The number of rotatable bonds is 3. The summed E-state index contributed by atoms with van der Waals surface area (Å²) < 4.78 is 0. The minimum atomic E-state index is 0.107. The maximum atomic E-state index is 12.5. The van der Waals surface area contributed by atoms with Gasteiger partial charge in [-0.15, -0.1) is 0 Å². The zero-order valence-electron chi connectivity index (χ0n) is 13.9. The van der Waals surface area contributed by atoms with Crippen molar-refractivity contribution >= 4 is 17.3 Å². The lowest BCUT2D eigenvalue weighted by atomic mass is 9.95. The zero-order valence-corrected chi connectivity index (χ0v) is 13.9. The van der Waals surface area contributed by atoms with Crippen LogP contribution in [0.25, 0.3) is 0 Å². The molecule has 23 heavy (non-hydrogen) atoms. The van der Waals surface area contributed by atoms with Crippen LogP contribution in [0.4, 0.5) is 11.4 Å². The van der Waals surface area contributed by atoms with Crippen molar-refractivity contribution in [2.75, 3.05) is 23.3 Å². The van der Waals surface area contributed by atoms with Gasteiger partial charge in [-0.3, -0.25) is 4.79 Å². The van der Waals surface area contributed by atoms with Crippen molar-refractivity contribution in [3.8, 4) is 0 Å². The van der Waals surface area contributed by atoms with Crippen molar-refractivity contribution in [3.05, 3.63) is 59.7 Å². The topological polar surface area (TPSA) is 32.3 Å². The summed E-state index contributed by atoms with van der Waals surface area (Å²) in [5, 5.41) is 3.09. The van der Waals surface area contributed by atoms with Crippen LogP contribution < -0.4 is 10.2 Å². The highest BCUT2D eigenvalue weighted by Crippen LogP contribution is 2.24. The van der Waals surface area contributed by atoms with Crippen molar-refractivity contribution in [1.29, 1.82) is 0 Å². The van der Waals surface area contributed by atoms with Gasteiger partial charge < -0.3 is 10.2 Å². The van der Waals surface area contributed by atoms with E-state index in [1.54, 1.807) is 0 Å². The van der Waals surface area contributed by atoms with E-state index in [0.29, 0.717) is 0 Å². The fraction of sp³-hybridized carbons (Fsp3) is 0.350. The molecular formula is C20H24N2O. The van der Waals surface area contributed by atoms with Crippen LogP contribution >= 0.6 is 0 Å². The van der Waals surface area contributed by atoms with Crippen molar-refractivity contribution in [1.82, 2.24) is 0 Å². The lowest BCUT2D eigenvalue weighted by Gasteiger charge is -2.33. The monoisotopic (exact) mass is 308 g/mol. The van der Waals surface area contributed by atoms with Gasteiger partial charge in [0.05, 0.1) is 0 Å². The molecule has 1 aliphatic heterocycles. The van der Waals surface area contributed by atoms with Gasteiger partial charge in [-0.1, -0.05) is 24.3 Å². The van der Waals surface area contributed by atoms with E-state index in [9.17, 15) is 4.79 Å². The highest BCUT2D eigenvalue weighted by Gasteiger charge is 2.25. The van der Waals surface area contributed by atoms with Gasteiger partial charge in [-0.05, 0) is 62.1 Å². The largest absolute Gasteiger partial charge is 0.371 e. The predicted molar refractivity (Wildman–Crippen MR) is 95.9 cm³/mol. The second-order valence-corrected chi connectivity index (χ2v) is 6.46. The Morgan fingerprint density at radius 2 is 1.61 bits per heavy atom. The Balaban J connectivity index is 1.58. The highest BCUT2D eigenvalue weighted by molar-refractivity contribution is 5.92. The number of aryl methyl sites for hydroxylation is 2. The highest BCUT2D eigenvalue weighted by atomic mass is 16.1. The lowest BCUT2D eigenvalue weighted by Crippen LogP contribution is -2.38. The Kier molecular flexibility index (Phi) is 4.65. The number of benzene rings is 2. The molecule has 0 saturated carbocycles. The first kappa shape index (κ1) is 15.6. The fourth-order valence-corrected chi connectivity index (χ4v) is 3.33. The van der Waals surface area contributed by atoms with Crippen molar-refractivity contribution in [2.24, 2.45) is 5.92 Å². The Bertz CT molecular complexity index is 653. The number of anilines is 2. The molecule has 0 radical (unpaired) electrons. The van der Waals surface area contributed by atoms with Gasteiger partial charge in [0.25, 0.3) is 0 Å². The molecule has 3 heteroatoms. The molecule has 2 aromatic rings. The molecule has 0 bridgehead atoms. The second-order valence-electron chi connectivity index (χ2n) is 6.46. The standard InChI is InChI=1S/C20H24N2O/c1-15-12-16(2)14-18(13-15)21-20(23)17-8-10-22(11-9-17)19-6-4-3-5-7-19/h3-7,12-14,17H,8-11H2,1-2H3,(H,21,23). The van der Waals surface area contributed by atoms with Crippen molar-refractivity contribution < 1.29 is 4.79 Å². The number of nitrogens with one attached hydrogen (secondary N) is 1. The van der Waals surface area contributed by atoms with Gasteiger partial charge in [-0.25, -0.2) is 0 Å². The molecule has 3 rings (SSSR count). The van der Waals surface area contributed by atoms with Gasteiger partial charge in [0.2, 0.25) is 5.91 Å². The SMILES string of the molecule is Cc1cc(C)cc(NC(=O)C2CCN(c3ccccc3)CC2)c1. The summed E-state index contributed by atoms with van der Waals surface area (Å²) in [6, 6.07) is 16.6. The molecule has 1 heterocycles. The van der Waals surface area contributed by atoms with E-state index in [1.165, 1.54) is 16.8 Å². The number of carbonyl (C=O) groups is 1. The normalized spacial score (nSPS) is 15.5. The second kappa shape index (κ2) is 6.86. The van der Waals surface area contributed by atoms with E-state index in [1.807, 2.05) is 18.2 Å². The molecule has 1 N–H and O–H groups in total. The maximum Gasteiger partial charge on any atom is 0.227 e. The van der Waals surface area contributed by atoms with E-state index in [4.69, 9.17) is 0 Å². The molecule has 0 aliphatic carbocycles. The minimum absolute atomic E-state index is 0.107. The number of amides is 1. The number of piperidine rings is 1. The van der Waals surface area contributed by atoms with Gasteiger partial charge in [0.15, 0.2) is 0 Å². The third kappa shape index (κ3) is 3.92. The van der Waals surface area contributed by atoms with Crippen molar-refractivity contribution in [2.45, 2.75) is 26.7 Å². The molecule has 3 nitrogen and oxygen atoms in total. The number of carbonyl (C=O) groups excluding carboxylic acids is 1. The number of para-hydroxylation sites is 1. The van der Waals surface area contributed by atoms with E-state index in [0.717, 1.165) is 31.6 Å². The average Bonchev–Trinajstić information content (AvgIpc) is 2.55. The third-order valence-corrected chi connectivity index (χ3v) is 4.48. The molecule has 0 spiro atoms. The van der Waals surface area contributed by atoms with E-state index in [2.05, 4.69) is 54.4 Å². The van der Waals surface area contributed by atoms with Crippen LogP contribution in [0.5, 0.6) is 0 Å². The summed E-state index contributed by atoms with van der Waals surface area (Å²) in [5.74, 6) is 0.262. The van der Waals surface area contributed by atoms with Crippen LogP contribution in [0, 0.1) is 19.8 Å². The Hall–Kier alpha value is -2.29. The number of nitrogens with zero attached hydrogens (tertiary/aromatic N) is 1. The molecule has 1 aliphatic rings. The van der Waals surface area contributed by atoms with Crippen LogP contribution in [-0.4, -0.2) is 19.0 Å². The van der Waals surface area contributed by atoms with Gasteiger partial charge in [-0.2, -0.15) is 0 Å². The minimum Gasteiger partial charge on any atom is -0.371 e. The van der Waals surface area contributed by atoms with Gasteiger partial charge >= 0.3 is 0 Å². The molecule has 1 saturated heterocycles. The molecule has 0 unspecified atom stereocenters. The Morgan fingerprint density at radius 1 is 1.00 bits per heavy atom. The van der Waals surface area contributed by atoms with Crippen LogP contribution in [0.1, 0.15) is 24.0 Å². The molecule has 2 aromatic carbocycles. The zero-order chi connectivity index (χ0) is 16.2. The lowest BCUT2D eigenvalue weighted by molar-refractivity contribution is -0.120. The van der Waals surface area contributed by atoms with E-state index < -0.39 is 0 Å². The summed E-state index contributed by atoms with van der Waals surface area (Å²) in [5.41, 5.74) is 4.53. The first-order chi connectivity index (χ1) is 11.1. The van der Waals surface area contributed by atoms with Gasteiger partial charge in [0, 0.05) is 30.4 Å². The summed E-state index contributed by atoms with van der Waals surface area (Å²) >= 11 is 0. The average molecular weight is 308 g/mol. The molecule has 0 atom stereocenters. The summed E-state index contributed by atoms with van der Waals surface area (Å²) in [6.45, 7) is 5.99. The summed E-state index contributed by atoms with van der Waals surface area (Å²) in [7, 11) is 0. The predicted octanol–water partition coefficient (Wildman–Crippen LogP) is 4.16. The van der Waals surface area contributed by atoms with Crippen LogP contribution in [0.15, 0.2) is 48.5 Å². The Labute approximate surface area is 138 Å². The Morgan fingerprint density at radius 3 is 2.22 bits per heavy atom. The smallest absolute Gasteiger partial charge is 0.227 e. The van der Waals surface area contributed by atoms with Crippen molar-refractivity contribution in [3.63, 3.8) is 0 Å². The summed E-state index contributed by atoms with van der Waals surface area (Å²) in [6.07, 6.45) is 1.82. The number of hydrogen-bond acceptors (Lipinski definition) is 2. The third-order valence-electron chi connectivity index (χ3n) is 4.48.